The molecule has 0 radical (unpaired) electrons. The van der Waals surface area contributed by atoms with Gasteiger partial charge in [0.05, 0.1) is 17.2 Å². The van der Waals surface area contributed by atoms with Crippen LogP contribution in [0.5, 0.6) is 0 Å². The zero-order chi connectivity index (χ0) is 15.6. The predicted molar refractivity (Wildman–Crippen MR) is 70.8 cm³/mol. The van der Waals surface area contributed by atoms with Gasteiger partial charge in [0.25, 0.3) is 0 Å². The number of nitrogens with zero attached hydrogens (tertiary/aromatic N) is 4. The van der Waals surface area contributed by atoms with Gasteiger partial charge in [0.15, 0.2) is 5.82 Å². The summed E-state index contributed by atoms with van der Waals surface area (Å²) in [4.78, 5) is 3.94. The van der Waals surface area contributed by atoms with E-state index in [4.69, 9.17) is 0 Å². The first-order chi connectivity index (χ1) is 10.6. The van der Waals surface area contributed by atoms with Crippen molar-refractivity contribution in [1.82, 2.24) is 25.6 Å². The van der Waals surface area contributed by atoms with Gasteiger partial charge >= 0.3 is 6.18 Å². The Hall–Kier alpha value is -2.77. The molecule has 0 fully saturated rings. The van der Waals surface area contributed by atoms with E-state index in [-0.39, 0.29) is 11.5 Å². The first kappa shape index (κ1) is 14.2. The van der Waals surface area contributed by atoms with Crippen molar-refractivity contribution in [3.8, 4) is 0 Å². The largest absolute Gasteiger partial charge is 0.418 e. The van der Waals surface area contributed by atoms with Crippen LogP contribution in [-0.2, 0) is 6.18 Å². The standard InChI is InChI=1S/C14H10F3N5/c15-14(16,17)10-7-4-8-18-12(10)11(13-19-21-22-20-13)9-5-2-1-3-6-9/h1-8,11H,(H,19,20,21,22). The molecule has 1 aromatic carbocycles. The van der Waals surface area contributed by atoms with Crippen LogP contribution in [0.15, 0.2) is 48.7 Å². The summed E-state index contributed by atoms with van der Waals surface area (Å²) in [6.07, 6.45) is -3.19. The highest BCUT2D eigenvalue weighted by molar-refractivity contribution is 5.39. The van der Waals surface area contributed by atoms with Gasteiger partial charge in [0.2, 0.25) is 0 Å². The lowest BCUT2D eigenvalue weighted by Gasteiger charge is -2.18. The topological polar surface area (TPSA) is 67.3 Å². The number of benzene rings is 1. The molecule has 0 bridgehead atoms. The highest BCUT2D eigenvalue weighted by Gasteiger charge is 2.37. The molecule has 3 rings (SSSR count). The molecule has 0 aliphatic heterocycles. The van der Waals surface area contributed by atoms with E-state index in [1.807, 2.05) is 0 Å². The van der Waals surface area contributed by atoms with Gasteiger partial charge in [-0.2, -0.15) is 18.4 Å². The second-order valence-electron chi connectivity index (χ2n) is 4.55. The maximum atomic E-state index is 13.3. The fourth-order valence-electron chi connectivity index (χ4n) is 2.25. The molecule has 1 N–H and O–H groups in total. The van der Waals surface area contributed by atoms with Crippen LogP contribution in [0.3, 0.4) is 0 Å². The monoisotopic (exact) mass is 305 g/mol. The lowest BCUT2D eigenvalue weighted by Crippen LogP contribution is -2.16. The number of hydrogen-bond acceptors (Lipinski definition) is 4. The van der Waals surface area contributed by atoms with Crippen LogP contribution < -0.4 is 0 Å². The number of hydrogen-bond donors (Lipinski definition) is 1. The number of aromatic nitrogens is 5. The average molecular weight is 305 g/mol. The third-order valence-electron chi connectivity index (χ3n) is 3.17. The number of H-pyrrole nitrogens is 1. The lowest BCUT2D eigenvalue weighted by atomic mass is 9.91. The molecule has 0 aliphatic rings. The van der Waals surface area contributed by atoms with E-state index in [2.05, 4.69) is 25.6 Å². The smallest absolute Gasteiger partial charge is 0.260 e. The van der Waals surface area contributed by atoms with Gasteiger partial charge in [-0.3, -0.25) is 4.98 Å². The van der Waals surface area contributed by atoms with Crippen molar-refractivity contribution in [2.45, 2.75) is 12.1 Å². The van der Waals surface area contributed by atoms with Crippen LogP contribution in [0.2, 0.25) is 0 Å². The van der Waals surface area contributed by atoms with Crippen molar-refractivity contribution in [1.29, 1.82) is 0 Å². The van der Waals surface area contributed by atoms with Gasteiger partial charge in [0.1, 0.15) is 0 Å². The summed E-state index contributed by atoms with van der Waals surface area (Å²) < 4.78 is 39.8. The SMILES string of the molecule is FC(F)(F)c1cccnc1C(c1ccccc1)c1nn[nH]n1. The van der Waals surface area contributed by atoms with Gasteiger partial charge < -0.3 is 0 Å². The van der Waals surface area contributed by atoms with E-state index in [1.54, 1.807) is 30.3 Å². The van der Waals surface area contributed by atoms with Gasteiger partial charge in [-0.05, 0) is 17.7 Å². The highest BCUT2D eigenvalue weighted by Crippen LogP contribution is 2.37. The second-order valence-corrected chi connectivity index (χ2v) is 4.55. The molecule has 1 unspecified atom stereocenters. The van der Waals surface area contributed by atoms with E-state index in [1.165, 1.54) is 12.3 Å². The summed E-state index contributed by atoms with van der Waals surface area (Å²) in [5.74, 6) is -0.715. The summed E-state index contributed by atoms with van der Waals surface area (Å²) in [6.45, 7) is 0. The maximum absolute atomic E-state index is 13.3. The Morgan fingerprint density at radius 3 is 2.41 bits per heavy atom. The highest BCUT2D eigenvalue weighted by atomic mass is 19.4. The van der Waals surface area contributed by atoms with Crippen molar-refractivity contribution in [3.05, 3.63) is 71.3 Å². The van der Waals surface area contributed by atoms with Gasteiger partial charge in [0, 0.05) is 6.20 Å². The molecule has 0 saturated carbocycles. The molecule has 1 atom stereocenters. The van der Waals surface area contributed by atoms with Crippen LogP contribution in [0.25, 0.3) is 0 Å². The van der Waals surface area contributed by atoms with Crippen molar-refractivity contribution in [3.63, 3.8) is 0 Å². The minimum atomic E-state index is -4.51. The minimum absolute atomic E-state index is 0.135. The van der Waals surface area contributed by atoms with Crippen LogP contribution >= 0.6 is 0 Å². The quantitative estimate of drug-likeness (QED) is 0.808. The Balaban J connectivity index is 2.21. The molecule has 0 amide bonds. The summed E-state index contributed by atoms with van der Waals surface area (Å²) in [5, 5.41) is 13.4. The third-order valence-corrected chi connectivity index (χ3v) is 3.17. The maximum Gasteiger partial charge on any atom is 0.418 e. The van der Waals surface area contributed by atoms with Crippen LogP contribution in [0, 0.1) is 0 Å². The zero-order valence-corrected chi connectivity index (χ0v) is 11.1. The summed E-state index contributed by atoms with van der Waals surface area (Å²) in [7, 11) is 0. The number of tetrazole rings is 1. The number of nitrogens with one attached hydrogen (secondary N) is 1. The molecule has 2 heterocycles. The molecule has 112 valence electrons. The zero-order valence-electron chi connectivity index (χ0n) is 11.1. The first-order valence-electron chi connectivity index (χ1n) is 6.38. The Labute approximate surface area is 123 Å². The van der Waals surface area contributed by atoms with Gasteiger partial charge in [-0.1, -0.05) is 35.5 Å². The van der Waals surface area contributed by atoms with Crippen LogP contribution in [0.4, 0.5) is 13.2 Å². The molecule has 0 spiro atoms. The Morgan fingerprint density at radius 2 is 1.77 bits per heavy atom. The molecular formula is C14H10F3N5. The second kappa shape index (κ2) is 5.55. The number of alkyl halides is 3. The van der Waals surface area contributed by atoms with Gasteiger partial charge in [-0.25, -0.2) is 0 Å². The molecular weight excluding hydrogens is 295 g/mol. The minimum Gasteiger partial charge on any atom is -0.260 e. The average Bonchev–Trinajstić information content (AvgIpc) is 3.02. The summed E-state index contributed by atoms with van der Waals surface area (Å²) in [5.41, 5.74) is -0.357. The molecule has 2 aromatic heterocycles. The fraction of sp³-hybridized carbons (Fsp3) is 0.143. The fourth-order valence-corrected chi connectivity index (χ4v) is 2.25. The molecule has 22 heavy (non-hydrogen) atoms. The van der Waals surface area contributed by atoms with E-state index in [0.29, 0.717) is 5.56 Å². The summed E-state index contributed by atoms with van der Waals surface area (Å²) in [6, 6.07) is 10.9. The molecule has 8 heteroatoms. The van der Waals surface area contributed by atoms with E-state index >= 15 is 0 Å². The van der Waals surface area contributed by atoms with Crippen LogP contribution in [0.1, 0.15) is 28.6 Å². The normalized spacial score (nSPS) is 13.0. The predicted octanol–water partition coefficient (Wildman–Crippen LogP) is 2.79. The van der Waals surface area contributed by atoms with Crippen molar-refractivity contribution >= 4 is 0 Å². The van der Waals surface area contributed by atoms with Gasteiger partial charge in [-0.15, -0.1) is 10.2 Å². The number of pyridine rings is 1. The Morgan fingerprint density at radius 1 is 1.00 bits per heavy atom. The summed E-state index contributed by atoms with van der Waals surface area (Å²) >= 11 is 0. The number of aromatic amines is 1. The molecule has 0 saturated heterocycles. The Kier molecular flexibility index (Phi) is 3.58. The lowest BCUT2D eigenvalue weighted by molar-refractivity contribution is -0.138. The van der Waals surface area contributed by atoms with Crippen molar-refractivity contribution in [2.24, 2.45) is 0 Å². The molecule has 3 aromatic rings. The number of rotatable bonds is 3. The van der Waals surface area contributed by atoms with Crippen molar-refractivity contribution in [2.75, 3.05) is 0 Å². The van der Waals surface area contributed by atoms with E-state index < -0.39 is 17.7 Å². The Bertz CT molecular complexity index is 741. The molecule has 0 aliphatic carbocycles. The third kappa shape index (κ3) is 2.67. The van der Waals surface area contributed by atoms with Crippen LogP contribution in [-0.4, -0.2) is 25.6 Å². The van der Waals surface area contributed by atoms with E-state index in [9.17, 15) is 13.2 Å². The van der Waals surface area contributed by atoms with Crippen molar-refractivity contribution < 1.29 is 13.2 Å². The van der Waals surface area contributed by atoms with E-state index in [0.717, 1.165) is 6.07 Å². The first-order valence-corrected chi connectivity index (χ1v) is 6.38. The number of halogens is 3. The molecule has 5 nitrogen and oxygen atoms in total.